The predicted molar refractivity (Wildman–Crippen MR) is 146 cm³/mol. The Labute approximate surface area is 229 Å². The lowest BCUT2D eigenvalue weighted by Gasteiger charge is -2.33. The number of aromatic nitrogens is 4. The Morgan fingerprint density at radius 1 is 1.18 bits per heavy atom. The first-order valence-corrected chi connectivity index (χ1v) is 13.1. The fourth-order valence-corrected chi connectivity index (χ4v) is 4.78. The van der Waals surface area contributed by atoms with Crippen molar-refractivity contribution in [2.24, 2.45) is 5.92 Å². The third-order valence-corrected chi connectivity index (χ3v) is 6.95. The van der Waals surface area contributed by atoms with Crippen LogP contribution in [0.1, 0.15) is 32.7 Å². The molecule has 0 unspecified atom stereocenters. The normalized spacial score (nSPS) is 15.9. The molecule has 1 saturated heterocycles. The van der Waals surface area contributed by atoms with Crippen LogP contribution >= 0.6 is 11.6 Å². The Kier molecular flexibility index (Phi) is 7.73. The van der Waals surface area contributed by atoms with E-state index >= 15 is 0 Å². The van der Waals surface area contributed by atoms with Gasteiger partial charge in [0.15, 0.2) is 18.2 Å². The van der Waals surface area contributed by atoms with Crippen molar-refractivity contribution < 1.29 is 19.0 Å². The topological polar surface area (TPSA) is 133 Å². The van der Waals surface area contributed by atoms with Crippen LogP contribution in [-0.4, -0.2) is 58.5 Å². The number of hydrogen-bond donors (Lipinski definition) is 2. The SMILES string of the molecule is CNC(=O)COc1cc2cc(Nc3nc(N4CCC(C5OC=CO5)CC4)ncc3Cl)cnc2n(C(C)C)c1=O. The van der Waals surface area contributed by atoms with Gasteiger partial charge in [-0.25, -0.2) is 9.97 Å². The Bertz CT molecular complexity index is 1440. The number of ether oxygens (including phenoxy) is 3. The van der Waals surface area contributed by atoms with Crippen LogP contribution in [0.4, 0.5) is 17.5 Å². The summed E-state index contributed by atoms with van der Waals surface area (Å²) in [6, 6.07) is 3.23. The molecule has 0 spiro atoms. The number of pyridine rings is 2. The molecule has 1 fully saturated rings. The Morgan fingerprint density at radius 3 is 2.62 bits per heavy atom. The van der Waals surface area contributed by atoms with Crippen molar-refractivity contribution in [1.29, 1.82) is 0 Å². The molecule has 12 nitrogen and oxygen atoms in total. The van der Waals surface area contributed by atoms with Crippen LogP contribution in [-0.2, 0) is 14.3 Å². The smallest absolute Gasteiger partial charge is 0.294 e. The molecule has 206 valence electrons. The van der Waals surface area contributed by atoms with Gasteiger partial charge in [-0.05, 0) is 38.8 Å². The first-order valence-electron chi connectivity index (χ1n) is 12.7. The minimum absolute atomic E-state index is 0.0636. The van der Waals surface area contributed by atoms with Crippen molar-refractivity contribution in [3.8, 4) is 5.75 Å². The van der Waals surface area contributed by atoms with Gasteiger partial charge in [0.25, 0.3) is 11.5 Å². The molecule has 0 bridgehead atoms. The summed E-state index contributed by atoms with van der Waals surface area (Å²) in [6.45, 7) is 5.02. The van der Waals surface area contributed by atoms with E-state index in [0.717, 1.165) is 25.9 Å². The molecule has 2 N–H and O–H groups in total. The number of hydrogen-bond acceptors (Lipinski definition) is 10. The number of fused-ring (bicyclic) bond motifs is 1. The lowest BCUT2D eigenvalue weighted by Crippen LogP contribution is -2.39. The highest BCUT2D eigenvalue weighted by molar-refractivity contribution is 6.32. The summed E-state index contributed by atoms with van der Waals surface area (Å²) in [5, 5.41) is 6.71. The summed E-state index contributed by atoms with van der Waals surface area (Å²) in [4.78, 5) is 40.5. The van der Waals surface area contributed by atoms with E-state index in [0.29, 0.717) is 39.4 Å². The highest BCUT2D eigenvalue weighted by Crippen LogP contribution is 2.31. The van der Waals surface area contributed by atoms with Crippen LogP contribution in [0.2, 0.25) is 5.02 Å². The third kappa shape index (κ3) is 5.70. The first kappa shape index (κ1) is 26.5. The Hall–Kier alpha value is -4.06. The molecule has 5 heterocycles. The zero-order chi connectivity index (χ0) is 27.5. The van der Waals surface area contributed by atoms with Crippen molar-refractivity contribution in [3.63, 3.8) is 0 Å². The number of nitrogens with one attached hydrogen (secondary N) is 2. The van der Waals surface area contributed by atoms with Crippen LogP contribution in [0.25, 0.3) is 11.0 Å². The minimum Gasteiger partial charge on any atom is -0.478 e. The van der Waals surface area contributed by atoms with E-state index < -0.39 is 0 Å². The zero-order valence-corrected chi connectivity index (χ0v) is 22.6. The quantitative estimate of drug-likeness (QED) is 0.426. The van der Waals surface area contributed by atoms with Crippen molar-refractivity contribution in [3.05, 3.63) is 52.4 Å². The van der Waals surface area contributed by atoms with Crippen molar-refractivity contribution in [2.75, 3.05) is 37.0 Å². The molecular weight excluding hydrogens is 526 g/mol. The number of halogens is 1. The van der Waals surface area contributed by atoms with E-state index in [1.54, 1.807) is 31.0 Å². The average molecular weight is 556 g/mol. The zero-order valence-electron chi connectivity index (χ0n) is 21.9. The summed E-state index contributed by atoms with van der Waals surface area (Å²) in [7, 11) is 1.50. The molecule has 0 atom stereocenters. The van der Waals surface area contributed by atoms with Gasteiger partial charge in [-0.3, -0.25) is 14.2 Å². The molecule has 39 heavy (non-hydrogen) atoms. The first-order chi connectivity index (χ1) is 18.8. The lowest BCUT2D eigenvalue weighted by atomic mass is 9.96. The molecule has 0 radical (unpaired) electrons. The van der Waals surface area contributed by atoms with Gasteiger partial charge in [-0.2, -0.15) is 4.98 Å². The standard InChI is InChI=1S/C26H30ClN7O5/c1-15(2)34-23-17(11-20(24(34)36)39-14-21(35)28-3)10-18(12-29-23)31-22-19(27)13-30-26(32-22)33-6-4-16(5-7-33)25-37-8-9-38-25/h8-13,15-16,25H,4-7,14H2,1-3H3,(H,28,35)(H,30,31,32). The van der Waals surface area contributed by atoms with E-state index in [1.807, 2.05) is 19.9 Å². The summed E-state index contributed by atoms with van der Waals surface area (Å²) in [5.74, 6) is 1.03. The number of amides is 1. The maximum absolute atomic E-state index is 13.0. The predicted octanol–water partition coefficient (Wildman–Crippen LogP) is 3.35. The fraction of sp³-hybridized carbons (Fsp3) is 0.423. The second kappa shape index (κ2) is 11.4. The monoisotopic (exact) mass is 555 g/mol. The largest absolute Gasteiger partial charge is 0.478 e. The van der Waals surface area contributed by atoms with Crippen LogP contribution in [0.3, 0.4) is 0 Å². The molecule has 1 amide bonds. The van der Waals surface area contributed by atoms with E-state index in [1.165, 1.54) is 11.6 Å². The van der Waals surface area contributed by atoms with Gasteiger partial charge in [0, 0.05) is 37.5 Å². The highest BCUT2D eigenvalue weighted by Gasteiger charge is 2.31. The molecule has 0 aromatic carbocycles. The highest BCUT2D eigenvalue weighted by atomic mass is 35.5. The van der Waals surface area contributed by atoms with Gasteiger partial charge >= 0.3 is 0 Å². The van der Waals surface area contributed by atoms with Crippen molar-refractivity contribution >= 4 is 46.0 Å². The molecule has 5 rings (SSSR count). The number of carbonyl (C=O) groups excluding carboxylic acids is 1. The molecule has 3 aromatic rings. The number of carbonyl (C=O) groups is 1. The Morgan fingerprint density at radius 2 is 1.92 bits per heavy atom. The van der Waals surface area contributed by atoms with Gasteiger partial charge in [0.2, 0.25) is 12.2 Å². The average Bonchev–Trinajstić information content (AvgIpc) is 3.48. The summed E-state index contributed by atoms with van der Waals surface area (Å²) in [5.41, 5.74) is 0.752. The van der Waals surface area contributed by atoms with Gasteiger partial charge in [0.1, 0.15) is 23.2 Å². The summed E-state index contributed by atoms with van der Waals surface area (Å²) < 4.78 is 18.1. The third-order valence-electron chi connectivity index (χ3n) is 6.68. The lowest BCUT2D eigenvalue weighted by molar-refractivity contribution is -0.122. The number of piperidine rings is 1. The van der Waals surface area contributed by atoms with E-state index in [-0.39, 0.29) is 36.2 Å². The number of rotatable bonds is 8. The van der Waals surface area contributed by atoms with Gasteiger partial charge in [-0.1, -0.05) is 11.6 Å². The molecule has 0 saturated carbocycles. The summed E-state index contributed by atoms with van der Waals surface area (Å²) >= 11 is 6.44. The van der Waals surface area contributed by atoms with Crippen LogP contribution in [0, 0.1) is 5.92 Å². The molecule has 3 aromatic heterocycles. The maximum Gasteiger partial charge on any atom is 0.294 e. The molecule has 2 aliphatic rings. The molecular formula is C26H30ClN7O5. The fourth-order valence-electron chi connectivity index (χ4n) is 4.65. The van der Waals surface area contributed by atoms with Crippen LogP contribution in [0.15, 0.2) is 41.8 Å². The van der Waals surface area contributed by atoms with Gasteiger partial charge < -0.3 is 29.7 Å². The van der Waals surface area contributed by atoms with Crippen LogP contribution in [0.5, 0.6) is 5.75 Å². The van der Waals surface area contributed by atoms with Crippen LogP contribution < -0.4 is 25.8 Å². The second-order valence-electron chi connectivity index (χ2n) is 9.60. The number of anilines is 3. The van der Waals surface area contributed by atoms with E-state index in [4.69, 9.17) is 25.8 Å². The summed E-state index contributed by atoms with van der Waals surface area (Å²) in [6.07, 6.45) is 7.90. The van der Waals surface area contributed by atoms with Gasteiger partial charge in [-0.15, -0.1) is 0 Å². The molecule has 2 aliphatic heterocycles. The van der Waals surface area contributed by atoms with E-state index in [2.05, 4.69) is 30.5 Å². The maximum atomic E-state index is 13.0. The second-order valence-corrected chi connectivity index (χ2v) is 10.0. The van der Waals surface area contributed by atoms with Crippen molar-refractivity contribution in [1.82, 2.24) is 24.8 Å². The molecule has 13 heteroatoms. The Balaban J connectivity index is 1.37. The van der Waals surface area contributed by atoms with E-state index in [9.17, 15) is 9.59 Å². The minimum atomic E-state index is -0.357. The van der Waals surface area contributed by atoms with Gasteiger partial charge in [0.05, 0.1) is 18.1 Å². The van der Waals surface area contributed by atoms with Crippen molar-refractivity contribution in [2.45, 2.75) is 39.0 Å². The number of nitrogens with zero attached hydrogens (tertiary/aromatic N) is 5. The molecule has 0 aliphatic carbocycles. The number of likely N-dealkylation sites (N-methyl/N-ethyl adjacent to an activating group) is 1.